The van der Waals surface area contributed by atoms with Crippen molar-refractivity contribution in [3.8, 4) is 0 Å². The molecule has 0 unspecified atom stereocenters. The third kappa shape index (κ3) is 2.91. The molecule has 0 fully saturated rings. The first kappa shape index (κ1) is 13.1. The molecular formula is C15H16N2O2. The van der Waals surface area contributed by atoms with Gasteiger partial charge in [-0.15, -0.1) is 0 Å². The van der Waals surface area contributed by atoms with Gasteiger partial charge < -0.3 is 10.3 Å². The van der Waals surface area contributed by atoms with Crippen LogP contribution in [0.2, 0.25) is 0 Å². The lowest BCUT2D eigenvalue weighted by atomic mass is 10.1. The maximum Gasteiger partial charge on any atom is 0.248 e. The summed E-state index contributed by atoms with van der Waals surface area (Å²) in [5.74, 6) is -0.184. The van der Waals surface area contributed by atoms with Crippen LogP contribution in [0.3, 0.4) is 0 Å². The molecule has 4 heteroatoms. The van der Waals surface area contributed by atoms with Crippen LogP contribution in [0.4, 0.5) is 5.69 Å². The maximum absolute atomic E-state index is 11.5. The van der Waals surface area contributed by atoms with Gasteiger partial charge in [-0.2, -0.15) is 0 Å². The van der Waals surface area contributed by atoms with Gasteiger partial charge in [0, 0.05) is 17.1 Å². The summed E-state index contributed by atoms with van der Waals surface area (Å²) in [4.78, 5) is 25.8. The van der Waals surface area contributed by atoms with Crippen LogP contribution in [0.25, 0.3) is 10.9 Å². The number of amides is 1. The molecule has 0 bridgehead atoms. The number of carbonyl (C=O) groups is 1. The topological polar surface area (TPSA) is 62.0 Å². The van der Waals surface area contributed by atoms with Crippen molar-refractivity contribution in [1.29, 1.82) is 0 Å². The van der Waals surface area contributed by atoms with Gasteiger partial charge in [0.1, 0.15) is 0 Å². The fourth-order valence-electron chi connectivity index (χ4n) is 2.04. The highest BCUT2D eigenvalue weighted by Crippen LogP contribution is 2.20. The lowest BCUT2D eigenvalue weighted by Crippen LogP contribution is -2.09. The number of rotatable bonds is 3. The van der Waals surface area contributed by atoms with Gasteiger partial charge in [0.15, 0.2) is 0 Å². The minimum atomic E-state index is -0.184. The summed E-state index contributed by atoms with van der Waals surface area (Å²) in [7, 11) is 0. The van der Waals surface area contributed by atoms with Crippen molar-refractivity contribution in [2.75, 3.05) is 5.32 Å². The number of pyridine rings is 1. The van der Waals surface area contributed by atoms with Crippen molar-refractivity contribution in [1.82, 2.24) is 4.98 Å². The Morgan fingerprint density at radius 1 is 1.37 bits per heavy atom. The quantitative estimate of drug-likeness (QED) is 0.829. The van der Waals surface area contributed by atoms with E-state index in [1.165, 1.54) is 6.08 Å². The molecule has 0 radical (unpaired) electrons. The summed E-state index contributed by atoms with van der Waals surface area (Å²) < 4.78 is 0. The van der Waals surface area contributed by atoms with E-state index in [1.54, 1.807) is 25.1 Å². The first-order chi connectivity index (χ1) is 9.13. The molecule has 2 aromatic rings. The third-order valence-corrected chi connectivity index (χ3v) is 2.90. The number of aromatic nitrogens is 1. The number of anilines is 1. The highest BCUT2D eigenvalue weighted by molar-refractivity contribution is 6.00. The molecule has 2 rings (SSSR count). The zero-order valence-electron chi connectivity index (χ0n) is 11.0. The number of aromatic amines is 1. The Balaban J connectivity index is 2.46. The average Bonchev–Trinajstić information content (AvgIpc) is 2.37. The molecule has 98 valence electrons. The zero-order valence-corrected chi connectivity index (χ0v) is 11.0. The van der Waals surface area contributed by atoms with Crippen LogP contribution < -0.4 is 10.9 Å². The van der Waals surface area contributed by atoms with Gasteiger partial charge in [-0.3, -0.25) is 9.59 Å². The van der Waals surface area contributed by atoms with E-state index in [4.69, 9.17) is 0 Å². The Hall–Kier alpha value is -2.36. The molecule has 0 spiro atoms. The molecule has 19 heavy (non-hydrogen) atoms. The molecule has 0 aliphatic rings. The van der Waals surface area contributed by atoms with Crippen LogP contribution in [0, 0.1) is 0 Å². The number of nitrogens with one attached hydrogen (secondary N) is 2. The summed E-state index contributed by atoms with van der Waals surface area (Å²) >= 11 is 0. The molecule has 0 saturated carbocycles. The number of fused-ring (bicyclic) bond motifs is 1. The average molecular weight is 256 g/mol. The number of hydrogen-bond donors (Lipinski definition) is 2. The van der Waals surface area contributed by atoms with E-state index in [2.05, 4.69) is 10.3 Å². The van der Waals surface area contributed by atoms with E-state index in [-0.39, 0.29) is 11.5 Å². The van der Waals surface area contributed by atoms with E-state index in [0.717, 1.165) is 22.9 Å². The smallest absolute Gasteiger partial charge is 0.248 e. The number of benzene rings is 1. The minimum absolute atomic E-state index is 0.124. The molecule has 1 heterocycles. The van der Waals surface area contributed by atoms with Gasteiger partial charge in [-0.25, -0.2) is 0 Å². The third-order valence-electron chi connectivity index (χ3n) is 2.90. The van der Waals surface area contributed by atoms with Gasteiger partial charge >= 0.3 is 0 Å². The molecule has 0 aliphatic carbocycles. The van der Waals surface area contributed by atoms with Crippen LogP contribution in [0.5, 0.6) is 0 Å². The Morgan fingerprint density at radius 2 is 2.16 bits per heavy atom. The highest BCUT2D eigenvalue weighted by atomic mass is 16.1. The highest BCUT2D eigenvalue weighted by Gasteiger charge is 2.04. The van der Waals surface area contributed by atoms with Crippen molar-refractivity contribution in [2.45, 2.75) is 20.3 Å². The molecule has 1 aromatic heterocycles. The van der Waals surface area contributed by atoms with Crippen molar-refractivity contribution in [2.24, 2.45) is 0 Å². The normalized spacial score (nSPS) is 11.1. The first-order valence-corrected chi connectivity index (χ1v) is 6.23. The van der Waals surface area contributed by atoms with Gasteiger partial charge in [0.25, 0.3) is 0 Å². The van der Waals surface area contributed by atoms with Crippen molar-refractivity contribution >= 4 is 22.5 Å². The van der Waals surface area contributed by atoms with E-state index < -0.39 is 0 Å². The number of carbonyl (C=O) groups excluding carboxylic acids is 1. The molecule has 1 amide bonds. The fraction of sp³-hybridized carbons (Fsp3) is 0.200. The van der Waals surface area contributed by atoms with Crippen LogP contribution in [-0.4, -0.2) is 10.9 Å². The van der Waals surface area contributed by atoms with Crippen LogP contribution in [0.15, 0.2) is 41.2 Å². The van der Waals surface area contributed by atoms with Crippen molar-refractivity contribution < 1.29 is 4.79 Å². The van der Waals surface area contributed by atoms with Gasteiger partial charge in [-0.05, 0) is 37.1 Å². The first-order valence-electron chi connectivity index (χ1n) is 6.23. The number of allylic oxidation sites excluding steroid dienone is 1. The van der Waals surface area contributed by atoms with E-state index >= 15 is 0 Å². The molecule has 4 nitrogen and oxygen atoms in total. The zero-order chi connectivity index (χ0) is 13.8. The van der Waals surface area contributed by atoms with Crippen LogP contribution >= 0.6 is 0 Å². The SMILES string of the molecule is C/C=C\C(=O)Nc1ccc2c(CC)cc(=O)[nH]c2c1. The van der Waals surface area contributed by atoms with E-state index in [1.807, 2.05) is 19.1 Å². The minimum Gasteiger partial charge on any atom is -0.322 e. The lowest BCUT2D eigenvalue weighted by molar-refractivity contribution is -0.111. The largest absolute Gasteiger partial charge is 0.322 e. The van der Waals surface area contributed by atoms with E-state index in [0.29, 0.717) is 5.69 Å². The van der Waals surface area contributed by atoms with Crippen LogP contribution in [0.1, 0.15) is 19.4 Å². The number of hydrogen-bond acceptors (Lipinski definition) is 2. The lowest BCUT2D eigenvalue weighted by Gasteiger charge is -2.07. The number of aryl methyl sites for hydroxylation is 1. The number of H-pyrrole nitrogens is 1. The van der Waals surface area contributed by atoms with Gasteiger partial charge in [0.05, 0.1) is 5.52 Å². The molecule has 1 aromatic carbocycles. The monoisotopic (exact) mass is 256 g/mol. The van der Waals surface area contributed by atoms with E-state index in [9.17, 15) is 9.59 Å². The summed E-state index contributed by atoms with van der Waals surface area (Å²) in [6.45, 7) is 3.79. The molecule has 0 atom stereocenters. The Bertz CT molecular complexity index is 699. The summed E-state index contributed by atoms with van der Waals surface area (Å²) in [5.41, 5.74) is 2.29. The van der Waals surface area contributed by atoms with Gasteiger partial charge in [-0.1, -0.05) is 19.1 Å². The van der Waals surface area contributed by atoms with Crippen molar-refractivity contribution in [3.05, 3.63) is 52.3 Å². The second-order valence-electron chi connectivity index (χ2n) is 4.26. The summed E-state index contributed by atoms with van der Waals surface area (Å²) in [6.07, 6.45) is 3.92. The van der Waals surface area contributed by atoms with Gasteiger partial charge in [0.2, 0.25) is 11.5 Å². The Morgan fingerprint density at radius 3 is 2.84 bits per heavy atom. The second kappa shape index (κ2) is 5.52. The Kier molecular flexibility index (Phi) is 3.80. The fourth-order valence-corrected chi connectivity index (χ4v) is 2.04. The molecular weight excluding hydrogens is 240 g/mol. The maximum atomic E-state index is 11.5. The summed E-state index contributed by atoms with van der Waals surface area (Å²) in [6, 6.07) is 7.13. The van der Waals surface area contributed by atoms with Crippen molar-refractivity contribution in [3.63, 3.8) is 0 Å². The Labute approximate surface area is 111 Å². The predicted molar refractivity (Wildman–Crippen MR) is 77.4 cm³/mol. The molecule has 2 N–H and O–H groups in total. The molecule has 0 saturated heterocycles. The van der Waals surface area contributed by atoms with Crippen LogP contribution in [-0.2, 0) is 11.2 Å². The summed E-state index contributed by atoms with van der Waals surface area (Å²) in [5, 5.41) is 3.75. The standard InChI is InChI=1S/C15H16N2O2/c1-3-5-14(18)16-11-6-7-12-10(4-2)8-15(19)17-13(12)9-11/h3,5-9H,4H2,1-2H3,(H,16,18)(H,17,19)/b5-3-. The molecule has 0 aliphatic heterocycles. The predicted octanol–water partition coefficient (Wildman–Crippen LogP) is 2.61. The second-order valence-corrected chi connectivity index (χ2v) is 4.26.